The van der Waals surface area contributed by atoms with Gasteiger partial charge in [-0.05, 0) is 53.5 Å². The summed E-state index contributed by atoms with van der Waals surface area (Å²) in [5.41, 5.74) is 1.50. The van der Waals surface area contributed by atoms with Gasteiger partial charge in [0.2, 0.25) is 0 Å². The molecular weight excluding hydrogens is 256 g/mol. The number of halogens is 1. The average Bonchev–Trinajstić information content (AvgIpc) is 2.64. The van der Waals surface area contributed by atoms with Gasteiger partial charge >= 0.3 is 0 Å². The van der Waals surface area contributed by atoms with Crippen molar-refractivity contribution in [3.05, 3.63) is 22.4 Å². The Kier molecular flexibility index (Phi) is 5.80. The van der Waals surface area contributed by atoms with Crippen LogP contribution in [-0.4, -0.2) is 5.33 Å². The first-order valence-electron chi connectivity index (χ1n) is 5.29. The van der Waals surface area contributed by atoms with Gasteiger partial charge in [-0.25, -0.2) is 0 Å². The van der Waals surface area contributed by atoms with Crippen molar-refractivity contribution in [1.29, 1.82) is 0 Å². The van der Waals surface area contributed by atoms with Crippen molar-refractivity contribution >= 4 is 27.3 Å². The summed E-state index contributed by atoms with van der Waals surface area (Å²) < 4.78 is 0. The normalized spacial score (nSPS) is 13.4. The van der Waals surface area contributed by atoms with E-state index in [9.17, 15) is 0 Å². The first kappa shape index (κ1) is 12.3. The lowest BCUT2D eigenvalue weighted by Crippen LogP contribution is -2.07. The van der Waals surface area contributed by atoms with Crippen molar-refractivity contribution in [3.8, 4) is 0 Å². The van der Waals surface area contributed by atoms with Crippen LogP contribution in [0.5, 0.6) is 0 Å². The van der Waals surface area contributed by atoms with E-state index in [2.05, 4.69) is 46.6 Å². The Bertz CT molecular complexity index is 228. The lowest BCUT2D eigenvalue weighted by atomic mass is 9.93. The largest absolute Gasteiger partial charge is 0.152 e. The Labute approximate surface area is 99.9 Å². The van der Waals surface area contributed by atoms with Gasteiger partial charge in [-0.1, -0.05) is 29.8 Å². The number of hydrogen-bond acceptors (Lipinski definition) is 1. The summed E-state index contributed by atoms with van der Waals surface area (Å²) in [5, 5.41) is 5.58. The molecule has 14 heavy (non-hydrogen) atoms. The van der Waals surface area contributed by atoms with Crippen LogP contribution in [0, 0.1) is 11.8 Å². The predicted octanol–water partition coefficient (Wildman–Crippen LogP) is 4.74. The quantitative estimate of drug-likeness (QED) is 0.658. The van der Waals surface area contributed by atoms with Crippen LogP contribution in [0.3, 0.4) is 0 Å². The molecule has 2 heteroatoms. The third kappa shape index (κ3) is 4.61. The van der Waals surface area contributed by atoms with Crippen LogP contribution < -0.4 is 0 Å². The second-order valence-electron chi connectivity index (χ2n) is 4.32. The molecule has 80 valence electrons. The Morgan fingerprint density at radius 1 is 1.43 bits per heavy atom. The van der Waals surface area contributed by atoms with Crippen molar-refractivity contribution < 1.29 is 0 Å². The van der Waals surface area contributed by atoms with Gasteiger partial charge in [0.25, 0.3) is 0 Å². The first-order valence-corrected chi connectivity index (χ1v) is 7.35. The maximum absolute atomic E-state index is 3.61. The highest BCUT2D eigenvalue weighted by molar-refractivity contribution is 9.09. The Morgan fingerprint density at radius 2 is 2.21 bits per heavy atom. The molecule has 0 bridgehead atoms. The number of alkyl halides is 1. The smallest absolute Gasteiger partial charge is 0.00598 e. The van der Waals surface area contributed by atoms with Gasteiger partial charge in [0.1, 0.15) is 0 Å². The molecule has 0 saturated heterocycles. The topological polar surface area (TPSA) is 0 Å². The molecule has 0 nitrogen and oxygen atoms in total. The minimum absolute atomic E-state index is 0.819. The predicted molar refractivity (Wildman–Crippen MR) is 69.4 cm³/mol. The molecule has 0 saturated carbocycles. The van der Waals surface area contributed by atoms with Gasteiger partial charge in [-0.3, -0.25) is 0 Å². The molecule has 0 fully saturated rings. The van der Waals surface area contributed by atoms with Gasteiger partial charge in [0.05, 0.1) is 0 Å². The summed E-state index contributed by atoms with van der Waals surface area (Å²) in [6, 6.07) is 2.24. The first-order chi connectivity index (χ1) is 6.72. The molecule has 0 aliphatic heterocycles. The van der Waals surface area contributed by atoms with Gasteiger partial charge < -0.3 is 0 Å². The number of aryl methyl sites for hydroxylation is 1. The van der Waals surface area contributed by atoms with Crippen LogP contribution >= 0.6 is 27.3 Å². The summed E-state index contributed by atoms with van der Waals surface area (Å²) in [6.45, 7) is 4.61. The average molecular weight is 275 g/mol. The highest BCUT2D eigenvalue weighted by atomic mass is 79.9. The Balaban J connectivity index is 2.27. The van der Waals surface area contributed by atoms with Gasteiger partial charge in [0.15, 0.2) is 0 Å². The molecule has 1 unspecified atom stereocenters. The molecule has 1 heterocycles. The minimum Gasteiger partial charge on any atom is -0.152 e. The molecule has 0 amide bonds. The summed E-state index contributed by atoms with van der Waals surface area (Å²) >= 11 is 5.41. The molecule has 0 aliphatic carbocycles. The molecule has 0 N–H and O–H groups in total. The molecule has 0 spiro atoms. The molecular formula is C12H19BrS. The van der Waals surface area contributed by atoms with Crippen LogP contribution in [0.25, 0.3) is 0 Å². The van der Waals surface area contributed by atoms with Crippen molar-refractivity contribution in [3.63, 3.8) is 0 Å². The summed E-state index contributed by atoms with van der Waals surface area (Å²) in [6.07, 6.45) is 3.90. The van der Waals surface area contributed by atoms with E-state index >= 15 is 0 Å². The van der Waals surface area contributed by atoms with E-state index in [-0.39, 0.29) is 0 Å². The summed E-state index contributed by atoms with van der Waals surface area (Å²) in [7, 11) is 0. The van der Waals surface area contributed by atoms with E-state index in [0.29, 0.717) is 0 Å². The second kappa shape index (κ2) is 6.62. The van der Waals surface area contributed by atoms with E-state index in [1.807, 2.05) is 0 Å². The van der Waals surface area contributed by atoms with Crippen LogP contribution in [0.4, 0.5) is 0 Å². The SMILES string of the molecule is CC(C)CC(CBr)CCc1ccsc1. The number of thiophene rings is 1. The lowest BCUT2D eigenvalue weighted by molar-refractivity contribution is 0.423. The zero-order chi connectivity index (χ0) is 10.4. The maximum Gasteiger partial charge on any atom is 0.00598 e. The van der Waals surface area contributed by atoms with Crippen molar-refractivity contribution in [1.82, 2.24) is 0 Å². The van der Waals surface area contributed by atoms with E-state index in [4.69, 9.17) is 0 Å². The molecule has 0 radical (unpaired) electrons. The van der Waals surface area contributed by atoms with E-state index in [0.717, 1.165) is 17.2 Å². The Morgan fingerprint density at radius 3 is 2.71 bits per heavy atom. The highest BCUT2D eigenvalue weighted by Crippen LogP contribution is 2.20. The van der Waals surface area contributed by atoms with E-state index < -0.39 is 0 Å². The fourth-order valence-electron chi connectivity index (χ4n) is 1.73. The fourth-order valence-corrected chi connectivity index (χ4v) is 3.02. The van der Waals surface area contributed by atoms with Gasteiger partial charge in [-0.2, -0.15) is 11.3 Å². The van der Waals surface area contributed by atoms with E-state index in [1.54, 1.807) is 11.3 Å². The molecule has 1 atom stereocenters. The van der Waals surface area contributed by atoms with Crippen LogP contribution in [-0.2, 0) is 6.42 Å². The van der Waals surface area contributed by atoms with Crippen molar-refractivity contribution in [2.45, 2.75) is 33.1 Å². The molecule has 1 aromatic heterocycles. The van der Waals surface area contributed by atoms with Gasteiger partial charge in [-0.15, -0.1) is 0 Å². The third-order valence-corrected chi connectivity index (χ3v) is 4.09. The maximum atomic E-state index is 3.61. The molecule has 0 aromatic carbocycles. The highest BCUT2D eigenvalue weighted by Gasteiger charge is 2.09. The number of hydrogen-bond donors (Lipinski definition) is 0. The zero-order valence-electron chi connectivity index (χ0n) is 9.00. The second-order valence-corrected chi connectivity index (χ2v) is 5.75. The van der Waals surface area contributed by atoms with Crippen LogP contribution in [0.2, 0.25) is 0 Å². The Hall–Kier alpha value is 0.180. The summed E-state index contributed by atoms with van der Waals surface area (Å²) in [4.78, 5) is 0. The van der Waals surface area contributed by atoms with Crippen molar-refractivity contribution in [2.24, 2.45) is 11.8 Å². The summed E-state index contributed by atoms with van der Waals surface area (Å²) in [5.74, 6) is 1.66. The third-order valence-electron chi connectivity index (χ3n) is 2.44. The fraction of sp³-hybridized carbons (Fsp3) is 0.667. The molecule has 1 rings (SSSR count). The number of rotatable bonds is 6. The standard InChI is InChI=1S/C12H19BrS/c1-10(2)7-12(8-13)4-3-11-5-6-14-9-11/h5-6,9-10,12H,3-4,7-8H2,1-2H3. The molecule has 0 aliphatic rings. The molecule has 1 aromatic rings. The zero-order valence-corrected chi connectivity index (χ0v) is 11.4. The van der Waals surface area contributed by atoms with Gasteiger partial charge in [0, 0.05) is 5.33 Å². The van der Waals surface area contributed by atoms with Crippen molar-refractivity contribution in [2.75, 3.05) is 5.33 Å². The van der Waals surface area contributed by atoms with Crippen LogP contribution in [0.1, 0.15) is 32.3 Å². The van der Waals surface area contributed by atoms with E-state index in [1.165, 1.54) is 24.8 Å². The lowest BCUT2D eigenvalue weighted by Gasteiger charge is -2.15. The van der Waals surface area contributed by atoms with Crippen LogP contribution in [0.15, 0.2) is 16.8 Å². The monoisotopic (exact) mass is 274 g/mol. The minimum atomic E-state index is 0.819.